The SMILES string of the molecule is CC(NC(=O)c1cc(S(=O)(=O)N(C)C)ccc1N1CCCC1)c1ccc2ccccc2c1. The van der Waals surface area contributed by atoms with Crippen LogP contribution in [-0.4, -0.2) is 45.8 Å². The molecule has 0 saturated carbocycles. The lowest BCUT2D eigenvalue weighted by molar-refractivity contribution is 0.0940. The Morgan fingerprint density at radius 1 is 0.969 bits per heavy atom. The standard InChI is InChI=1S/C25H29N3O3S/c1-18(20-11-10-19-8-4-5-9-21(19)16-20)26-25(29)23-17-22(32(30,31)27(2)3)12-13-24(23)28-14-6-7-15-28/h4-5,8-13,16-18H,6-7,14-15H2,1-3H3,(H,26,29). The van der Waals surface area contributed by atoms with Gasteiger partial charge in [-0.1, -0.05) is 36.4 Å². The first-order chi connectivity index (χ1) is 15.3. The minimum Gasteiger partial charge on any atom is -0.371 e. The second kappa shape index (κ2) is 8.92. The molecule has 1 saturated heterocycles. The number of hydrogen-bond donors (Lipinski definition) is 1. The lowest BCUT2D eigenvalue weighted by atomic mass is 10.0. The molecule has 1 aliphatic rings. The van der Waals surface area contributed by atoms with E-state index in [1.807, 2.05) is 31.2 Å². The number of sulfonamides is 1. The third-order valence-electron chi connectivity index (χ3n) is 6.06. The highest BCUT2D eigenvalue weighted by Gasteiger charge is 2.25. The molecule has 32 heavy (non-hydrogen) atoms. The Morgan fingerprint density at radius 2 is 1.66 bits per heavy atom. The summed E-state index contributed by atoms with van der Waals surface area (Å²) in [4.78, 5) is 15.6. The molecular weight excluding hydrogens is 422 g/mol. The first kappa shape index (κ1) is 22.3. The summed E-state index contributed by atoms with van der Waals surface area (Å²) in [5.74, 6) is -0.275. The van der Waals surface area contributed by atoms with Gasteiger partial charge >= 0.3 is 0 Å². The number of carbonyl (C=O) groups is 1. The highest BCUT2D eigenvalue weighted by atomic mass is 32.2. The molecule has 1 atom stereocenters. The van der Waals surface area contributed by atoms with Crippen LogP contribution in [0.2, 0.25) is 0 Å². The first-order valence-electron chi connectivity index (χ1n) is 10.9. The molecule has 1 aliphatic heterocycles. The topological polar surface area (TPSA) is 69.7 Å². The molecule has 7 heteroatoms. The number of nitrogens with zero attached hydrogens (tertiary/aromatic N) is 2. The zero-order valence-corrected chi connectivity index (χ0v) is 19.5. The maximum atomic E-state index is 13.4. The van der Waals surface area contributed by atoms with Gasteiger partial charge in [0.05, 0.1) is 16.5 Å². The molecule has 168 valence electrons. The van der Waals surface area contributed by atoms with Gasteiger partial charge in [0, 0.05) is 32.9 Å². The van der Waals surface area contributed by atoms with E-state index in [0.29, 0.717) is 5.56 Å². The van der Waals surface area contributed by atoms with E-state index in [2.05, 4.69) is 28.4 Å². The number of hydrogen-bond acceptors (Lipinski definition) is 4. The van der Waals surface area contributed by atoms with E-state index >= 15 is 0 Å². The van der Waals surface area contributed by atoms with Crippen LogP contribution < -0.4 is 10.2 Å². The molecule has 1 unspecified atom stereocenters. The van der Waals surface area contributed by atoms with Crippen LogP contribution in [0.4, 0.5) is 5.69 Å². The Balaban J connectivity index is 1.67. The van der Waals surface area contributed by atoms with Crippen molar-refractivity contribution in [1.82, 2.24) is 9.62 Å². The molecule has 0 aliphatic carbocycles. The van der Waals surface area contributed by atoms with Gasteiger partial charge in [0.2, 0.25) is 10.0 Å². The fourth-order valence-corrected chi connectivity index (χ4v) is 5.07. The Morgan fingerprint density at radius 3 is 2.34 bits per heavy atom. The van der Waals surface area contributed by atoms with Gasteiger partial charge in [0.1, 0.15) is 0 Å². The van der Waals surface area contributed by atoms with Gasteiger partial charge in [0.15, 0.2) is 0 Å². The zero-order chi connectivity index (χ0) is 22.9. The van der Waals surface area contributed by atoms with E-state index in [0.717, 1.165) is 52.3 Å². The average molecular weight is 452 g/mol. The second-order valence-corrected chi connectivity index (χ2v) is 10.6. The van der Waals surface area contributed by atoms with Crippen molar-refractivity contribution < 1.29 is 13.2 Å². The van der Waals surface area contributed by atoms with Crippen LogP contribution >= 0.6 is 0 Å². The Labute approximate surface area is 189 Å². The van der Waals surface area contributed by atoms with E-state index < -0.39 is 10.0 Å². The maximum Gasteiger partial charge on any atom is 0.253 e. The van der Waals surface area contributed by atoms with Crippen LogP contribution in [0, 0.1) is 0 Å². The van der Waals surface area contributed by atoms with E-state index in [9.17, 15) is 13.2 Å². The predicted octanol–water partition coefficient (Wildman–Crippen LogP) is 4.18. The van der Waals surface area contributed by atoms with Crippen LogP contribution in [0.3, 0.4) is 0 Å². The summed E-state index contributed by atoms with van der Waals surface area (Å²) in [5, 5.41) is 5.33. The van der Waals surface area contributed by atoms with Crippen LogP contribution in [0.1, 0.15) is 41.7 Å². The Bertz CT molecular complexity index is 1250. The molecule has 0 aromatic heterocycles. The largest absolute Gasteiger partial charge is 0.371 e. The van der Waals surface area contributed by atoms with Gasteiger partial charge in [-0.25, -0.2) is 12.7 Å². The van der Waals surface area contributed by atoms with Gasteiger partial charge in [-0.05, 0) is 60.4 Å². The number of carbonyl (C=O) groups excluding carboxylic acids is 1. The molecule has 0 bridgehead atoms. The minimum atomic E-state index is -3.64. The number of nitrogens with one attached hydrogen (secondary N) is 1. The number of benzene rings is 3. The van der Waals surface area contributed by atoms with Crippen molar-refractivity contribution in [3.8, 4) is 0 Å². The molecule has 3 aromatic carbocycles. The van der Waals surface area contributed by atoms with Crippen LogP contribution in [0.15, 0.2) is 65.6 Å². The van der Waals surface area contributed by atoms with Crippen molar-refractivity contribution in [2.75, 3.05) is 32.1 Å². The smallest absolute Gasteiger partial charge is 0.253 e. The monoisotopic (exact) mass is 451 g/mol. The quantitative estimate of drug-likeness (QED) is 0.610. The average Bonchev–Trinajstić information content (AvgIpc) is 3.33. The van der Waals surface area contributed by atoms with Crippen molar-refractivity contribution in [3.05, 3.63) is 71.8 Å². The normalized spacial score (nSPS) is 15.3. The van der Waals surface area contributed by atoms with E-state index in [1.165, 1.54) is 20.2 Å². The number of amides is 1. The highest BCUT2D eigenvalue weighted by molar-refractivity contribution is 7.89. The second-order valence-electron chi connectivity index (χ2n) is 8.46. The van der Waals surface area contributed by atoms with Crippen LogP contribution in [0.5, 0.6) is 0 Å². The first-order valence-corrected chi connectivity index (χ1v) is 12.3. The molecule has 0 spiro atoms. The van der Waals surface area contributed by atoms with E-state index in [-0.39, 0.29) is 16.8 Å². The molecule has 0 radical (unpaired) electrons. The van der Waals surface area contributed by atoms with Crippen molar-refractivity contribution >= 4 is 32.4 Å². The zero-order valence-electron chi connectivity index (χ0n) is 18.7. The molecule has 1 amide bonds. The van der Waals surface area contributed by atoms with Gasteiger partial charge in [-0.15, -0.1) is 0 Å². The van der Waals surface area contributed by atoms with Gasteiger partial charge in [-0.2, -0.15) is 0 Å². The molecule has 1 N–H and O–H groups in total. The summed E-state index contributed by atoms with van der Waals surface area (Å²) in [7, 11) is -0.661. The lowest BCUT2D eigenvalue weighted by Gasteiger charge is -2.23. The summed E-state index contributed by atoms with van der Waals surface area (Å²) in [6.07, 6.45) is 2.12. The summed E-state index contributed by atoms with van der Waals surface area (Å²) in [6, 6.07) is 18.9. The Kier molecular flexibility index (Phi) is 6.22. The number of fused-ring (bicyclic) bond motifs is 1. The fraction of sp³-hybridized carbons (Fsp3) is 0.320. The third-order valence-corrected chi connectivity index (χ3v) is 7.87. The van der Waals surface area contributed by atoms with Gasteiger partial charge in [0.25, 0.3) is 5.91 Å². The summed E-state index contributed by atoms with van der Waals surface area (Å²) >= 11 is 0. The minimum absolute atomic E-state index is 0.119. The van der Waals surface area contributed by atoms with Crippen molar-refractivity contribution in [1.29, 1.82) is 0 Å². The molecule has 1 fully saturated rings. The summed E-state index contributed by atoms with van der Waals surface area (Å²) in [5.41, 5.74) is 2.17. The Hall–Kier alpha value is -2.90. The fourth-order valence-electron chi connectivity index (χ4n) is 4.14. The molecular formula is C25H29N3O3S. The van der Waals surface area contributed by atoms with Crippen molar-refractivity contribution in [2.45, 2.75) is 30.7 Å². The van der Waals surface area contributed by atoms with Gasteiger partial charge < -0.3 is 10.2 Å². The lowest BCUT2D eigenvalue weighted by Crippen LogP contribution is -2.30. The predicted molar refractivity (Wildman–Crippen MR) is 129 cm³/mol. The van der Waals surface area contributed by atoms with Gasteiger partial charge in [-0.3, -0.25) is 4.79 Å². The third kappa shape index (κ3) is 4.36. The number of anilines is 1. The number of rotatable bonds is 6. The highest BCUT2D eigenvalue weighted by Crippen LogP contribution is 2.29. The summed E-state index contributed by atoms with van der Waals surface area (Å²) in [6.45, 7) is 3.67. The molecule has 3 aromatic rings. The molecule has 1 heterocycles. The van der Waals surface area contributed by atoms with Crippen molar-refractivity contribution in [3.63, 3.8) is 0 Å². The van der Waals surface area contributed by atoms with Crippen LogP contribution in [0.25, 0.3) is 10.8 Å². The van der Waals surface area contributed by atoms with E-state index in [1.54, 1.807) is 12.1 Å². The van der Waals surface area contributed by atoms with Crippen LogP contribution in [-0.2, 0) is 10.0 Å². The van der Waals surface area contributed by atoms with E-state index in [4.69, 9.17) is 0 Å². The molecule has 6 nitrogen and oxygen atoms in total. The summed E-state index contributed by atoms with van der Waals surface area (Å²) < 4.78 is 26.5. The maximum absolute atomic E-state index is 13.4. The van der Waals surface area contributed by atoms with Crippen molar-refractivity contribution in [2.24, 2.45) is 0 Å². The molecule has 4 rings (SSSR count).